The first-order valence-corrected chi connectivity index (χ1v) is 8.27. The minimum atomic E-state index is 0.452. The van der Waals surface area contributed by atoms with Crippen molar-refractivity contribution in [1.82, 2.24) is 15.1 Å². The standard InChI is InChI=1S/C18H25N3O/c1-4-17-19-20-18(22-17)12-21-11-14(3)8-9-16(21)15-7-5-6-13(2)10-15/h5-7,10,14,16H,4,8-9,11-12H2,1-3H3/t14-,16+/m0/s1. The van der Waals surface area contributed by atoms with Gasteiger partial charge in [-0.3, -0.25) is 4.90 Å². The highest BCUT2D eigenvalue weighted by molar-refractivity contribution is 5.25. The summed E-state index contributed by atoms with van der Waals surface area (Å²) in [5.41, 5.74) is 2.73. The number of hydrogen-bond donors (Lipinski definition) is 0. The van der Waals surface area contributed by atoms with E-state index in [4.69, 9.17) is 4.42 Å². The monoisotopic (exact) mass is 299 g/mol. The van der Waals surface area contributed by atoms with Gasteiger partial charge in [0.15, 0.2) is 0 Å². The van der Waals surface area contributed by atoms with E-state index in [2.05, 4.69) is 53.2 Å². The number of likely N-dealkylation sites (tertiary alicyclic amines) is 1. The fraction of sp³-hybridized carbons (Fsp3) is 0.556. The second kappa shape index (κ2) is 6.61. The van der Waals surface area contributed by atoms with E-state index in [1.165, 1.54) is 24.0 Å². The van der Waals surface area contributed by atoms with Gasteiger partial charge in [-0.15, -0.1) is 10.2 Å². The van der Waals surface area contributed by atoms with Gasteiger partial charge in [0.25, 0.3) is 0 Å². The molecule has 0 unspecified atom stereocenters. The molecule has 4 nitrogen and oxygen atoms in total. The van der Waals surface area contributed by atoms with E-state index < -0.39 is 0 Å². The van der Waals surface area contributed by atoms with Gasteiger partial charge in [0.2, 0.25) is 11.8 Å². The molecule has 0 saturated carbocycles. The molecule has 0 amide bonds. The first kappa shape index (κ1) is 15.2. The quantitative estimate of drug-likeness (QED) is 0.858. The van der Waals surface area contributed by atoms with Crippen molar-refractivity contribution in [3.63, 3.8) is 0 Å². The Kier molecular flexibility index (Phi) is 4.57. The summed E-state index contributed by atoms with van der Waals surface area (Å²) in [5.74, 6) is 2.19. The number of aryl methyl sites for hydroxylation is 2. The number of piperidine rings is 1. The Balaban J connectivity index is 1.80. The van der Waals surface area contributed by atoms with Gasteiger partial charge in [0.1, 0.15) is 0 Å². The lowest BCUT2D eigenvalue weighted by Crippen LogP contribution is -2.36. The minimum absolute atomic E-state index is 0.452. The maximum atomic E-state index is 5.71. The van der Waals surface area contributed by atoms with E-state index in [9.17, 15) is 0 Å². The van der Waals surface area contributed by atoms with Gasteiger partial charge in [0, 0.05) is 19.0 Å². The van der Waals surface area contributed by atoms with E-state index in [1.807, 2.05) is 6.92 Å². The van der Waals surface area contributed by atoms with Gasteiger partial charge < -0.3 is 4.42 Å². The molecular weight excluding hydrogens is 274 g/mol. The summed E-state index contributed by atoms with van der Waals surface area (Å²) in [4.78, 5) is 2.50. The maximum Gasteiger partial charge on any atom is 0.230 e. The average Bonchev–Trinajstić information content (AvgIpc) is 2.95. The Morgan fingerprint density at radius 2 is 2.05 bits per heavy atom. The van der Waals surface area contributed by atoms with Gasteiger partial charge in [0.05, 0.1) is 6.54 Å². The molecule has 2 heterocycles. The molecular formula is C18H25N3O. The number of benzene rings is 1. The van der Waals surface area contributed by atoms with Crippen LogP contribution in [0.1, 0.15) is 55.6 Å². The van der Waals surface area contributed by atoms with Gasteiger partial charge in [-0.1, -0.05) is 43.7 Å². The summed E-state index contributed by atoms with van der Waals surface area (Å²) in [7, 11) is 0. The molecule has 2 atom stereocenters. The van der Waals surface area contributed by atoms with Gasteiger partial charge in [-0.2, -0.15) is 0 Å². The second-order valence-corrected chi connectivity index (χ2v) is 6.48. The zero-order valence-corrected chi connectivity index (χ0v) is 13.7. The van der Waals surface area contributed by atoms with E-state index in [1.54, 1.807) is 0 Å². The maximum absolute atomic E-state index is 5.71. The van der Waals surface area contributed by atoms with Crippen molar-refractivity contribution in [2.24, 2.45) is 5.92 Å². The van der Waals surface area contributed by atoms with Crippen LogP contribution in [0, 0.1) is 12.8 Å². The molecule has 1 aromatic heterocycles. The highest BCUT2D eigenvalue weighted by atomic mass is 16.4. The summed E-state index contributed by atoms with van der Waals surface area (Å²) in [6.07, 6.45) is 3.27. The van der Waals surface area contributed by atoms with E-state index in [0.29, 0.717) is 6.04 Å². The molecule has 0 radical (unpaired) electrons. The third-order valence-electron chi connectivity index (χ3n) is 4.50. The van der Waals surface area contributed by atoms with Crippen molar-refractivity contribution in [3.8, 4) is 0 Å². The third kappa shape index (κ3) is 3.38. The molecule has 118 valence electrons. The molecule has 1 fully saturated rings. The Morgan fingerprint density at radius 1 is 1.23 bits per heavy atom. The molecule has 0 aliphatic carbocycles. The highest BCUT2D eigenvalue weighted by Gasteiger charge is 2.28. The van der Waals surface area contributed by atoms with Crippen molar-refractivity contribution in [3.05, 3.63) is 47.2 Å². The van der Waals surface area contributed by atoms with Gasteiger partial charge in [-0.05, 0) is 31.2 Å². The lowest BCUT2D eigenvalue weighted by Gasteiger charge is -2.38. The first-order chi connectivity index (χ1) is 10.7. The zero-order chi connectivity index (χ0) is 15.5. The zero-order valence-electron chi connectivity index (χ0n) is 13.7. The van der Waals surface area contributed by atoms with Crippen LogP contribution in [0.2, 0.25) is 0 Å². The van der Waals surface area contributed by atoms with Crippen molar-refractivity contribution in [2.75, 3.05) is 6.54 Å². The molecule has 22 heavy (non-hydrogen) atoms. The third-order valence-corrected chi connectivity index (χ3v) is 4.50. The lowest BCUT2D eigenvalue weighted by molar-refractivity contribution is 0.0955. The van der Waals surface area contributed by atoms with Crippen LogP contribution in [-0.4, -0.2) is 21.6 Å². The van der Waals surface area contributed by atoms with Gasteiger partial charge >= 0.3 is 0 Å². The molecule has 4 heteroatoms. The van der Waals surface area contributed by atoms with E-state index >= 15 is 0 Å². The van der Waals surface area contributed by atoms with E-state index in [-0.39, 0.29) is 0 Å². The van der Waals surface area contributed by atoms with Crippen LogP contribution in [0.3, 0.4) is 0 Å². The summed E-state index contributed by atoms with van der Waals surface area (Å²) in [6, 6.07) is 9.31. The first-order valence-electron chi connectivity index (χ1n) is 8.27. The molecule has 1 saturated heterocycles. The number of rotatable bonds is 4. The van der Waals surface area contributed by atoms with E-state index in [0.717, 1.165) is 37.2 Å². The predicted octanol–water partition coefficient (Wildman–Crippen LogP) is 3.91. The normalized spacial score (nSPS) is 22.9. The van der Waals surface area contributed by atoms with Crippen LogP contribution in [0.4, 0.5) is 0 Å². The Morgan fingerprint density at radius 3 is 2.77 bits per heavy atom. The smallest absolute Gasteiger partial charge is 0.230 e. The second-order valence-electron chi connectivity index (χ2n) is 6.48. The molecule has 1 aliphatic rings. The lowest BCUT2D eigenvalue weighted by atomic mass is 9.89. The van der Waals surface area contributed by atoms with Crippen molar-refractivity contribution in [2.45, 2.75) is 52.6 Å². The molecule has 3 rings (SSSR count). The van der Waals surface area contributed by atoms with Crippen LogP contribution in [0.5, 0.6) is 0 Å². The molecule has 0 spiro atoms. The van der Waals surface area contributed by atoms with Crippen molar-refractivity contribution >= 4 is 0 Å². The molecule has 1 aliphatic heterocycles. The topological polar surface area (TPSA) is 42.2 Å². The number of aromatic nitrogens is 2. The average molecular weight is 299 g/mol. The fourth-order valence-corrected chi connectivity index (χ4v) is 3.34. The summed E-state index contributed by atoms with van der Waals surface area (Å²) >= 11 is 0. The summed E-state index contributed by atoms with van der Waals surface area (Å²) in [6.45, 7) is 8.35. The number of nitrogens with zero attached hydrogens (tertiary/aromatic N) is 3. The summed E-state index contributed by atoms with van der Waals surface area (Å²) in [5, 5.41) is 8.28. The van der Waals surface area contributed by atoms with Crippen LogP contribution < -0.4 is 0 Å². The minimum Gasteiger partial charge on any atom is -0.424 e. The summed E-state index contributed by atoms with van der Waals surface area (Å²) < 4.78 is 5.71. The van der Waals surface area contributed by atoms with Crippen LogP contribution in [0.25, 0.3) is 0 Å². The molecule has 0 N–H and O–H groups in total. The number of hydrogen-bond acceptors (Lipinski definition) is 4. The predicted molar refractivity (Wildman–Crippen MR) is 86.4 cm³/mol. The van der Waals surface area contributed by atoms with Crippen molar-refractivity contribution < 1.29 is 4.42 Å². The molecule has 1 aromatic carbocycles. The highest BCUT2D eigenvalue weighted by Crippen LogP contribution is 2.34. The SMILES string of the molecule is CCc1nnc(CN2C[C@@H](C)CC[C@@H]2c2cccc(C)c2)o1. The van der Waals surface area contributed by atoms with Gasteiger partial charge in [-0.25, -0.2) is 0 Å². The molecule has 0 bridgehead atoms. The Labute approximate surface area is 132 Å². The molecule has 2 aromatic rings. The largest absolute Gasteiger partial charge is 0.424 e. The Hall–Kier alpha value is -1.68. The van der Waals surface area contributed by atoms with Crippen molar-refractivity contribution in [1.29, 1.82) is 0 Å². The van der Waals surface area contributed by atoms with Crippen LogP contribution >= 0.6 is 0 Å². The fourth-order valence-electron chi connectivity index (χ4n) is 3.34. The Bertz CT molecular complexity index is 622. The van der Waals surface area contributed by atoms with Crippen LogP contribution in [-0.2, 0) is 13.0 Å². The van der Waals surface area contributed by atoms with Crippen LogP contribution in [0.15, 0.2) is 28.7 Å².